The average Bonchev–Trinajstić information content (AvgIpc) is 3.02. The van der Waals surface area contributed by atoms with Crippen LogP contribution in [0, 0.1) is 24.4 Å². The van der Waals surface area contributed by atoms with Gasteiger partial charge < -0.3 is 11.2 Å². The summed E-state index contributed by atoms with van der Waals surface area (Å²) in [5, 5.41) is 10.4. The Morgan fingerprint density at radius 2 is 1.81 bits per heavy atom. The molecule has 0 spiro atoms. The van der Waals surface area contributed by atoms with Gasteiger partial charge in [-0.3, -0.25) is 4.79 Å². The lowest BCUT2D eigenvalue weighted by atomic mass is 10.1. The number of benzene rings is 2. The van der Waals surface area contributed by atoms with Crippen molar-refractivity contribution in [3.8, 4) is 11.4 Å². The van der Waals surface area contributed by atoms with E-state index in [0.717, 1.165) is 35.0 Å². The van der Waals surface area contributed by atoms with Gasteiger partial charge in [0.25, 0.3) is 0 Å². The minimum Gasteiger partial charge on any atom is -0.335 e. The molecular formula is C17H14F3N5OS. The zero-order valence-electron chi connectivity index (χ0n) is 14.0. The molecular weight excluding hydrogens is 379 g/mol. The molecule has 10 heteroatoms. The number of anilines is 1. The van der Waals surface area contributed by atoms with E-state index in [1.807, 2.05) is 31.2 Å². The predicted octanol–water partition coefficient (Wildman–Crippen LogP) is 3.12. The molecule has 3 rings (SSSR count). The second-order valence-electron chi connectivity index (χ2n) is 5.60. The van der Waals surface area contributed by atoms with Gasteiger partial charge in [-0.2, -0.15) is 0 Å². The lowest BCUT2D eigenvalue weighted by molar-refractivity contribution is -0.113. The van der Waals surface area contributed by atoms with Crippen LogP contribution in [0.2, 0.25) is 0 Å². The van der Waals surface area contributed by atoms with Crippen molar-refractivity contribution in [2.75, 3.05) is 16.9 Å². The van der Waals surface area contributed by atoms with E-state index in [9.17, 15) is 18.0 Å². The van der Waals surface area contributed by atoms with Crippen LogP contribution in [0.25, 0.3) is 11.4 Å². The van der Waals surface area contributed by atoms with E-state index in [1.54, 1.807) is 0 Å². The Balaban J connectivity index is 1.66. The molecule has 0 aliphatic heterocycles. The SMILES string of the molecule is Cc1ccc(-c2nnc(SCC(=O)Nc3ccc(F)c(F)c3F)n2N)cc1. The fourth-order valence-corrected chi connectivity index (χ4v) is 2.87. The van der Waals surface area contributed by atoms with E-state index in [1.165, 1.54) is 4.68 Å². The monoisotopic (exact) mass is 393 g/mol. The highest BCUT2D eigenvalue weighted by Crippen LogP contribution is 2.23. The number of hydrogen-bond acceptors (Lipinski definition) is 5. The van der Waals surface area contributed by atoms with E-state index < -0.39 is 29.0 Å². The number of amides is 1. The number of thioether (sulfide) groups is 1. The van der Waals surface area contributed by atoms with Crippen molar-refractivity contribution in [2.45, 2.75) is 12.1 Å². The third-order valence-electron chi connectivity index (χ3n) is 3.62. The molecule has 0 unspecified atom stereocenters. The van der Waals surface area contributed by atoms with E-state index >= 15 is 0 Å². The van der Waals surface area contributed by atoms with E-state index in [-0.39, 0.29) is 10.9 Å². The summed E-state index contributed by atoms with van der Waals surface area (Å²) in [6.45, 7) is 1.95. The van der Waals surface area contributed by atoms with Crippen molar-refractivity contribution in [3.05, 3.63) is 59.4 Å². The zero-order valence-corrected chi connectivity index (χ0v) is 14.9. The predicted molar refractivity (Wildman–Crippen MR) is 96.0 cm³/mol. The van der Waals surface area contributed by atoms with Crippen molar-refractivity contribution < 1.29 is 18.0 Å². The van der Waals surface area contributed by atoms with E-state index in [0.29, 0.717) is 5.82 Å². The molecule has 3 aromatic rings. The molecule has 0 fully saturated rings. The summed E-state index contributed by atoms with van der Waals surface area (Å²) in [7, 11) is 0. The number of aromatic nitrogens is 3. The molecule has 0 saturated heterocycles. The summed E-state index contributed by atoms with van der Waals surface area (Å²) in [6.07, 6.45) is 0. The molecule has 27 heavy (non-hydrogen) atoms. The van der Waals surface area contributed by atoms with Crippen LogP contribution < -0.4 is 11.2 Å². The lowest BCUT2D eigenvalue weighted by Crippen LogP contribution is -2.17. The van der Waals surface area contributed by atoms with Gasteiger partial charge in [0.05, 0.1) is 11.4 Å². The first kappa shape index (κ1) is 18.8. The lowest BCUT2D eigenvalue weighted by Gasteiger charge is -2.07. The number of nitrogens with two attached hydrogens (primary N) is 1. The topological polar surface area (TPSA) is 85.8 Å². The highest BCUT2D eigenvalue weighted by atomic mass is 32.2. The fourth-order valence-electron chi connectivity index (χ4n) is 2.21. The van der Waals surface area contributed by atoms with E-state index in [4.69, 9.17) is 5.84 Å². The maximum atomic E-state index is 13.6. The van der Waals surface area contributed by atoms with Crippen LogP contribution in [0.4, 0.5) is 18.9 Å². The van der Waals surface area contributed by atoms with Crippen molar-refractivity contribution >= 4 is 23.4 Å². The molecule has 3 N–H and O–H groups in total. The second-order valence-corrected chi connectivity index (χ2v) is 6.54. The summed E-state index contributed by atoms with van der Waals surface area (Å²) < 4.78 is 40.9. The normalized spacial score (nSPS) is 10.8. The van der Waals surface area contributed by atoms with Gasteiger partial charge in [0.2, 0.25) is 11.1 Å². The van der Waals surface area contributed by atoms with Gasteiger partial charge in [0.15, 0.2) is 23.3 Å². The van der Waals surface area contributed by atoms with Crippen molar-refractivity contribution in [1.82, 2.24) is 14.9 Å². The minimum absolute atomic E-state index is 0.179. The maximum Gasteiger partial charge on any atom is 0.234 e. The van der Waals surface area contributed by atoms with Gasteiger partial charge in [-0.25, -0.2) is 17.8 Å². The second kappa shape index (κ2) is 7.70. The van der Waals surface area contributed by atoms with Gasteiger partial charge in [-0.05, 0) is 19.1 Å². The average molecular weight is 393 g/mol. The largest absolute Gasteiger partial charge is 0.335 e. The first-order valence-corrected chi connectivity index (χ1v) is 8.69. The Bertz CT molecular complexity index is 991. The number of nitrogen functional groups attached to an aromatic ring is 1. The van der Waals surface area contributed by atoms with Crippen molar-refractivity contribution in [1.29, 1.82) is 0 Å². The summed E-state index contributed by atoms with van der Waals surface area (Å²) in [6, 6.07) is 9.16. The quantitative estimate of drug-likeness (QED) is 0.395. The molecule has 0 saturated carbocycles. The van der Waals surface area contributed by atoms with Crippen LogP contribution in [0.5, 0.6) is 0 Å². The van der Waals surface area contributed by atoms with Gasteiger partial charge in [-0.15, -0.1) is 10.2 Å². The van der Waals surface area contributed by atoms with E-state index in [2.05, 4.69) is 15.5 Å². The number of carbonyl (C=O) groups is 1. The van der Waals surface area contributed by atoms with Gasteiger partial charge in [0, 0.05) is 5.56 Å². The number of hydrogen-bond donors (Lipinski definition) is 2. The smallest absolute Gasteiger partial charge is 0.234 e. The number of nitrogens with zero attached hydrogens (tertiary/aromatic N) is 3. The van der Waals surface area contributed by atoms with Crippen molar-refractivity contribution in [2.24, 2.45) is 0 Å². The first-order valence-electron chi connectivity index (χ1n) is 7.70. The Labute approximate surface area is 156 Å². The standard InChI is InChI=1S/C17H14F3N5OS/c1-9-2-4-10(5-3-9)16-23-24-17(25(16)21)27-8-13(26)22-12-7-6-11(18)14(19)15(12)20/h2-7H,8,21H2,1H3,(H,22,26). The number of halogens is 3. The minimum atomic E-state index is -1.65. The Morgan fingerprint density at radius 1 is 1.11 bits per heavy atom. The fraction of sp³-hybridized carbons (Fsp3) is 0.118. The third-order valence-corrected chi connectivity index (χ3v) is 4.56. The van der Waals surface area contributed by atoms with Crippen LogP contribution in [0.15, 0.2) is 41.6 Å². The number of carbonyl (C=O) groups excluding carboxylic acids is 1. The molecule has 1 heterocycles. The molecule has 1 amide bonds. The van der Waals surface area contributed by atoms with Crippen LogP contribution >= 0.6 is 11.8 Å². The Morgan fingerprint density at radius 3 is 2.52 bits per heavy atom. The summed E-state index contributed by atoms with van der Waals surface area (Å²) >= 11 is 0.968. The third kappa shape index (κ3) is 4.05. The summed E-state index contributed by atoms with van der Waals surface area (Å²) in [4.78, 5) is 11.9. The maximum absolute atomic E-state index is 13.6. The molecule has 0 radical (unpaired) electrons. The van der Waals surface area contributed by atoms with Crippen LogP contribution in [0.1, 0.15) is 5.56 Å². The van der Waals surface area contributed by atoms with Gasteiger partial charge >= 0.3 is 0 Å². The summed E-state index contributed by atoms with van der Waals surface area (Å²) in [5.41, 5.74) is 1.39. The highest BCUT2D eigenvalue weighted by molar-refractivity contribution is 7.99. The number of rotatable bonds is 5. The summed E-state index contributed by atoms with van der Waals surface area (Å²) in [5.74, 6) is 1.13. The molecule has 0 atom stereocenters. The van der Waals surface area contributed by atoms with Gasteiger partial charge in [-0.1, -0.05) is 41.6 Å². The van der Waals surface area contributed by atoms with Crippen LogP contribution in [-0.2, 0) is 4.79 Å². The number of aryl methyl sites for hydroxylation is 1. The molecule has 0 bridgehead atoms. The molecule has 0 aliphatic rings. The Hall–Kier alpha value is -3.01. The first-order chi connectivity index (χ1) is 12.9. The highest BCUT2D eigenvalue weighted by Gasteiger charge is 2.17. The van der Waals surface area contributed by atoms with Crippen LogP contribution in [0.3, 0.4) is 0 Å². The molecule has 1 aromatic heterocycles. The van der Waals surface area contributed by atoms with Crippen LogP contribution in [-0.4, -0.2) is 26.5 Å². The van der Waals surface area contributed by atoms with Crippen molar-refractivity contribution in [3.63, 3.8) is 0 Å². The number of nitrogens with one attached hydrogen (secondary N) is 1. The Kier molecular flexibility index (Phi) is 5.36. The molecule has 0 aliphatic carbocycles. The molecule has 6 nitrogen and oxygen atoms in total. The van der Waals surface area contributed by atoms with Gasteiger partial charge in [0.1, 0.15) is 0 Å². The molecule has 2 aromatic carbocycles. The molecule has 140 valence electrons. The zero-order chi connectivity index (χ0) is 19.6.